The van der Waals surface area contributed by atoms with E-state index < -0.39 is 16.1 Å². The van der Waals surface area contributed by atoms with Crippen molar-refractivity contribution in [3.8, 4) is 0 Å². The molecule has 0 aliphatic carbocycles. The van der Waals surface area contributed by atoms with Crippen LogP contribution in [-0.2, 0) is 19.6 Å². The van der Waals surface area contributed by atoms with Crippen molar-refractivity contribution in [2.24, 2.45) is 0 Å². The molecule has 2 rings (SSSR count). The largest absolute Gasteiger partial charge is 0.354 e. The fourth-order valence-corrected chi connectivity index (χ4v) is 5.33. The lowest BCUT2D eigenvalue weighted by Gasteiger charge is -2.31. The summed E-state index contributed by atoms with van der Waals surface area (Å²) in [6.45, 7) is 6.34. The molecule has 0 saturated carbocycles. The molecule has 0 spiro atoms. The van der Waals surface area contributed by atoms with E-state index in [9.17, 15) is 18.0 Å². The maximum atomic E-state index is 12.5. The van der Waals surface area contributed by atoms with Gasteiger partial charge in [-0.05, 0) is 24.8 Å². The van der Waals surface area contributed by atoms with Gasteiger partial charge in [0.05, 0.1) is 26.2 Å². The van der Waals surface area contributed by atoms with Crippen LogP contribution in [0, 0.1) is 0 Å². The molecular weight excluding hydrogens is 376 g/mol. The summed E-state index contributed by atoms with van der Waals surface area (Å²) in [6.07, 6.45) is 0.842. The number of rotatable bonds is 8. The van der Waals surface area contributed by atoms with Gasteiger partial charge in [0.1, 0.15) is 10.3 Å². The number of piperazine rings is 1. The van der Waals surface area contributed by atoms with Crippen molar-refractivity contribution in [3.63, 3.8) is 0 Å². The van der Waals surface area contributed by atoms with Crippen LogP contribution < -0.4 is 15.5 Å². The van der Waals surface area contributed by atoms with Crippen LogP contribution in [0.3, 0.4) is 0 Å². The van der Waals surface area contributed by atoms with E-state index in [0.29, 0.717) is 36.9 Å². The molecule has 146 valence electrons. The van der Waals surface area contributed by atoms with Crippen molar-refractivity contribution >= 4 is 33.2 Å². The monoisotopic (exact) mass is 403 g/mol. The molecule has 0 bridgehead atoms. The molecule has 1 atom stereocenters. The third-order valence-corrected chi connectivity index (χ3v) is 7.52. The molecule has 1 aromatic rings. The zero-order valence-electron chi connectivity index (χ0n) is 15.2. The SMILES string of the molecule is CCCNC(=O)[C@H](C)NC(=O)C[NH+]1CCN(S(=O)(=O)c2cccs2)CC1. The van der Waals surface area contributed by atoms with Crippen LogP contribution in [0.2, 0.25) is 0 Å². The number of quaternary nitrogens is 1. The summed E-state index contributed by atoms with van der Waals surface area (Å²) < 4.78 is 26.8. The molecule has 0 radical (unpaired) electrons. The summed E-state index contributed by atoms with van der Waals surface area (Å²) in [6, 6.07) is 2.76. The van der Waals surface area contributed by atoms with Gasteiger partial charge in [0.15, 0.2) is 6.54 Å². The predicted octanol–water partition coefficient (Wildman–Crippen LogP) is -1.33. The van der Waals surface area contributed by atoms with Gasteiger partial charge >= 0.3 is 0 Å². The van der Waals surface area contributed by atoms with E-state index >= 15 is 0 Å². The molecule has 26 heavy (non-hydrogen) atoms. The molecule has 2 amide bonds. The van der Waals surface area contributed by atoms with Gasteiger partial charge in [-0.1, -0.05) is 13.0 Å². The van der Waals surface area contributed by atoms with Crippen LogP contribution >= 0.6 is 11.3 Å². The highest BCUT2D eigenvalue weighted by atomic mass is 32.2. The number of carbonyl (C=O) groups is 2. The fraction of sp³-hybridized carbons (Fsp3) is 0.625. The average molecular weight is 404 g/mol. The first-order valence-corrected chi connectivity index (χ1v) is 11.1. The van der Waals surface area contributed by atoms with Gasteiger partial charge < -0.3 is 15.5 Å². The Kier molecular flexibility index (Phi) is 7.56. The number of carbonyl (C=O) groups excluding carboxylic acids is 2. The second-order valence-corrected chi connectivity index (χ2v) is 9.46. The van der Waals surface area contributed by atoms with Gasteiger partial charge in [-0.2, -0.15) is 4.31 Å². The molecule has 10 heteroatoms. The molecule has 2 heterocycles. The summed E-state index contributed by atoms with van der Waals surface area (Å²) in [4.78, 5) is 24.9. The van der Waals surface area contributed by atoms with Crippen LogP contribution in [0.1, 0.15) is 20.3 Å². The predicted molar refractivity (Wildman–Crippen MR) is 99.5 cm³/mol. The van der Waals surface area contributed by atoms with Crippen LogP contribution in [0.5, 0.6) is 0 Å². The minimum absolute atomic E-state index is 0.193. The van der Waals surface area contributed by atoms with E-state index in [2.05, 4.69) is 10.6 Å². The third kappa shape index (κ3) is 5.50. The van der Waals surface area contributed by atoms with Crippen molar-refractivity contribution in [2.45, 2.75) is 30.5 Å². The van der Waals surface area contributed by atoms with Crippen LogP contribution in [-0.4, -0.2) is 69.8 Å². The zero-order valence-corrected chi connectivity index (χ0v) is 16.8. The Balaban J connectivity index is 1.78. The van der Waals surface area contributed by atoms with Crippen molar-refractivity contribution in [1.29, 1.82) is 0 Å². The number of hydrogen-bond donors (Lipinski definition) is 3. The van der Waals surface area contributed by atoms with Gasteiger partial charge in [-0.15, -0.1) is 11.3 Å². The molecule has 8 nitrogen and oxygen atoms in total. The first kappa shape index (κ1) is 20.8. The van der Waals surface area contributed by atoms with Gasteiger partial charge in [-0.3, -0.25) is 9.59 Å². The number of hydrogen-bond acceptors (Lipinski definition) is 5. The molecular formula is C16H27N4O4S2+. The molecule has 1 aliphatic heterocycles. The molecule has 0 aromatic carbocycles. The Hall–Kier alpha value is -1.49. The molecule has 1 saturated heterocycles. The minimum atomic E-state index is -3.42. The third-order valence-electron chi connectivity index (χ3n) is 4.25. The van der Waals surface area contributed by atoms with E-state index in [1.807, 2.05) is 6.92 Å². The smallest absolute Gasteiger partial charge is 0.275 e. The second-order valence-electron chi connectivity index (χ2n) is 6.34. The quantitative estimate of drug-likeness (QED) is 0.501. The highest BCUT2D eigenvalue weighted by Crippen LogP contribution is 2.20. The summed E-state index contributed by atoms with van der Waals surface area (Å²) >= 11 is 1.21. The highest BCUT2D eigenvalue weighted by Gasteiger charge is 2.31. The Morgan fingerprint density at radius 1 is 1.35 bits per heavy atom. The number of nitrogens with zero attached hydrogens (tertiary/aromatic N) is 1. The van der Waals surface area contributed by atoms with Gasteiger partial charge in [0.25, 0.3) is 15.9 Å². The number of nitrogens with one attached hydrogen (secondary N) is 3. The lowest BCUT2D eigenvalue weighted by atomic mass is 10.3. The summed E-state index contributed by atoms with van der Waals surface area (Å²) in [5.74, 6) is -0.393. The fourth-order valence-electron chi connectivity index (χ4n) is 2.74. The summed E-state index contributed by atoms with van der Waals surface area (Å²) in [7, 11) is -3.42. The van der Waals surface area contributed by atoms with E-state index in [-0.39, 0.29) is 18.4 Å². The lowest BCUT2D eigenvalue weighted by molar-refractivity contribution is -0.895. The van der Waals surface area contributed by atoms with Gasteiger partial charge in [0.2, 0.25) is 5.91 Å². The topological polar surface area (TPSA) is 100 Å². The average Bonchev–Trinajstić information content (AvgIpc) is 3.15. The first-order chi connectivity index (χ1) is 12.3. The van der Waals surface area contributed by atoms with Crippen LogP contribution in [0.15, 0.2) is 21.7 Å². The maximum absolute atomic E-state index is 12.5. The number of thiophene rings is 1. The van der Waals surface area contributed by atoms with Crippen molar-refractivity contribution in [2.75, 3.05) is 39.3 Å². The minimum Gasteiger partial charge on any atom is -0.354 e. The zero-order chi connectivity index (χ0) is 19.2. The molecule has 1 aromatic heterocycles. The second kappa shape index (κ2) is 9.45. The Labute approximate surface area is 158 Å². The van der Waals surface area contributed by atoms with Crippen molar-refractivity contribution in [3.05, 3.63) is 17.5 Å². The summed E-state index contributed by atoms with van der Waals surface area (Å²) in [5, 5.41) is 7.19. The van der Waals surface area contributed by atoms with E-state index in [4.69, 9.17) is 0 Å². The lowest BCUT2D eigenvalue weighted by Crippen LogP contribution is -3.15. The van der Waals surface area contributed by atoms with Gasteiger partial charge in [-0.25, -0.2) is 8.42 Å². The van der Waals surface area contributed by atoms with Crippen LogP contribution in [0.4, 0.5) is 0 Å². The van der Waals surface area contributed by atoms with Crippen molar-refractivity contribution in [1.82, 2.24) is 14.9 Å². The normalized spacial score (nSPS) is 17.6. The Morgan fingerprint density at radius 3 is 2.62 bits per heavy atom. The number of amides is 2. The summed E-state index contributed by atoms with van der Waals surface area (Å²) in [5.41, 5.74) is 0. The molecule has 1 fully saturated rings. The standard InChI is InChI=1S/C16H26N4O4S2/c1-3-6-17-16(22)13(2)18-14(21)12-19-7-9-20(10-8-19)26(23,24)15-5-4-11-25-15/h4-5,11,13H,3,6-10,12H2,1-2H3,(H,17,22)(H,18,21)/p+1/t13-/m0/s1. The Bertz CT molecular complexity index is 698. The highest BCUT2D eigenvalue weighted by molar-refractivity contribution is 7.91. The Morgan fingerprint density at radius 2 is 2.04 bits per heavy atom. The van der Waals surface area contributed by atoms with E-state index in [0.717, 1.165) is 11.3 Å². The first-order valence-electron chi connectivity index (χ1n) is 8.79. The van der Waals surface area contributed by atoms with Crippen LogP contribution in [0.25, 0.3) is 0 Å². The van der Waals surface area contributed by atoms with Crippen molar-refractivity contribution < 1.29 is 22.9 Å². The number of sulfonamides is 1. The molecule has 3 N–H and O–H groups in total. The van der Waals surface area contributed by atoms with E-state index in [1.54, 1.807) is 24.4 Å². The maximum Gasteiger partial charge on any atom is 0.275 e. The van der Waals surface area contributed by atoms with E-state index in [1.165, 1.54) is 15.6 Å². The molecule has 1 aliphatic rings. The molecule has 0 unspecified atom stereocenters. The van der Waals surface area contributed by atoms with Gasteiger partial charge in [0, 0.05) is 6.54 Å².